The number of ether oxygens (including phenoxy) is 1. The van der Waals surface area contributed by atoms with Gasteiger partial charge in [0.1, 0.15) is 21.2 Å². The number of nitrogens with one attached hydrogen (secondary N) is 1. The molecule has 3 aromatic rings. The van der Waals surface area contributed by atoms with Gasteiger partial charge in [0, 0.05) is 15.1 Å². The molecule has 0 aliphatic heterocycles. The number of hydrogen-bond donors (Lipinski definition) is 1. The molecule has 3 aromatic heterocycles. The van der Waals surface area contributed by atoms with Crippen LogP contribution >= 0.6 is 34.4 Å². The van der Waals surface area contributed by atoms with Crippen LogP contribution in [-0.2, 0) is 22.4 Å². The highest BCUT2D eigenvalue weighted by Gasteiger charge is 2.30. The Balaban J connectivity index is 1.58. The maximum Gasteiger partial charge on any atom is 0.341 e. The predicted octanol–water partition coefficient (Wildman–Crippen LogP) is 5.79. The van der Waals surface area contributed by atoms with Crippen molar-refractivity contribution in [1.82, 2.24) is 9.97 Å². The predicted molar refractivity (Wildman–Crippen MR) is 132 cm³/mol. The normalized spacial score (nSPS) is 16.6. The zero-order chi connectivity index (χ0) is 23.0. The topological polar surface area (TPSA) is 81.2 Å². The minimum atomic E-state index is -0.388. The van der Waals surface area contributed by atoms with Crippen LogP contribution in [0, 0.1) is 19.8 Å². The Morgan fingerprint density at radius 1 is 1.31 bits per heavy atom. The van der Waals surface area contributed by atoms with E-state index in [9.17, 15) is 9.59 Å². The molecule has 1 N–H and O–H groups in total. The Hall–Kier alpha value is -1.97. The maximum atomic E-state index is 13.1. The molecule has 3 heterocycles. The molecule has 9 heteroatoms. The minimum Gasteiger partial charge on any atom is -0.462 e. The number of fused-ring (bicyclic) bond motifs is 2. The van der Waals surface area contributed by atoms with Gasteiger partial charge in [-0.3, -0.25) is 4.79 Å². The highest BCUT2D eigenvalue weighted by molar-refractivity contribution is 8.00. The molecule has 0 aromatic carbocycles. The summed E-state index contributed by atoms with van der Waals surface area (Å²) in [6, 6.07) is 0. The van der Waals surface area contributed by atoms with Crippen molar-refractivity contribution in [2.45, 2.75) is 64.2 Å². The third-order valence-electron chi connectivity index (χ3n) is 5.82. The number of carbonyl (C=O) groups excluding carboxylic acids is 2. The second-order valence-corrected chi connectivity index (χ2v) is 11.8. The number of aryl methyl sites for hydroxylation is 2. The number of esters is 1. The largest absolute Gasteiger partial charge is 0.462 e. The molecular weight excluding hydrogens is 462 g/mol. The van der Waals surface area contributed by atoms with Crippen LogP contribution < -0.4 is 5.32 Å². The number of amides is 1. The lowest BCUT2D eigenvalue weighted by Gasteiger charge is -2.18. The fourth-order valence-corrected chi connectivity index (χ4v) is 7.37. The summed E-state index contributed by atoms with van der Waals surface area (Å²) in [6.45, 7) is 10.3. The van der Waals surface area contributed by atoms with Gasteiger partial charge in [-0.05, 0) is 64.0 Å². The maximum absolute atomic E-state index is 13.1. The van der Waals surface area contributed by atoms with Crippen LogP contribution in [0.25, 0.3) is 10.2 Å². The van der Waals surface area contributed by atoms with Crippen LogP contribution in [0.5, 0.6) is 0 Å². The van der Waals surface area contributed by atoms with Crippen LogP contribution in [-0.4, -0.2) is 33.7 Å². The van der Waals surface area contributed by atoms with E-state index < -0.39 is 0 Å². The standard InChI is InChI=1S/C23H27N3O3S3/c1-6-29-23(28)18-15-8-7-11(2)9-16(15)32-22(18)26-19(27)14(5)31-21-17-12(3)13(4)30-20(17)24-10-25-21/h10-11,14H,6-9H2,1-5H3,(H,26,27). The summed E-state index contributed by atoms with van der Waals surface area (Å²) in [7, 11) is 0. The summed E-state index contributed by atoms with van der Waals surface area (Å²) < 4.78 is 5.32. The SMILES string of the molecule is CCOC(=O)c1c(NC(=O)C(C)Sc2ncnc3sc(C)c(C)c23)sc2c1CCC(C)C2. The number of thiophene rings is 2. The summed E-state index contributed by atoms with van der Waals surface area (Å²) in [5, 5.41) is 5.08. The number of anilines is 1. The number of rotatable bonds is 6. The van der Waals surface area contributed by atoms with Crippen LogP contribution in [0.3, 0.4) is 0 Å². The van der Waals surface area contributed by atoms with Gasteiger partial charge in [-0.15, -0.1) is 22.7 Å². The molecule has 4 rings (SSSR count). The van der Waals surface area contributed by atoms with Crippen LogP contribution in [0.1, 0.15) is 58.4 Å². The van der Waals surface area contributed by atoms with E-state index in [1.807, 2.05) is 6.92 Å². The molecule has 0 bridgehead atoms. The van der Waals surface area contributed by atoms with Gasteiger partial charge in [0.25, 0.3) is 0 Å². The molecule has 0 radical (unpaired) electrons. The monoisotopic (exact) mass is 489 g/mol. The smallest absolute Gasteiger partial charge is 0.341 e. The first-order chi connectivity index (χ1) is 15.3. The number of carbonyl (C=O) groups is 2. The molecule has 0 saturated carbocycles. The van der Waals surface area contributed by atoms with Gasteiger partial charge in [-0.25, -0.2) is 14.8 Å². The van der Waals surface area contributed by atoms with Gasteiger partial charge >= 0.3 is 5.97 Å². The molecule has 0 fully saturated rings. The van der Waals surface area contributed by atoms with Crippen molar-refractivity contribution in [2.24, 2.45) is 5.92 Å². The minimum absolute atomic E-state index is 0.149. The molecule has 1 aliphatic carbocycles. The van der Waals surface area contributed by atoms with E-state index in [0.717, 1.165) is 45.6 Å². The Labute approximate surface area is 200 Å². The Kier molecular flexibility index (Phi) is 6.88. The van der Waals surface area contributed by atoms with Gasteiger partial charge in [-0.1, -0.05) is 18.7 Å². The highest BCUT2D eigenvalue weighted by atomic mass is 32.2. The van der Waals surface area contributed by atoms with Crippen molar-refractivity contribution in [1.29, 1.82) is 0 Å². The van der Waals surface area contributed by atoms with Crippen LogP contribution in [0.15, 0.2) is 11.4 Å². The van der Waals surface area contributed by atoms with E-state index >= 15 is 0 Å². The first-order valence-corrected chi connectivity index (χ1v) is 13.3. The summed E-state index contributed by atoms with van der Waals surface area (Å²) in [5.41, 5.74) is 2.74. The molecule has 0 spiro atoms. The molecule has 170 valence electrons. The molecule has 0 saturated heterocycles. The van der Waals surface area contributed by atoms with Gasteiger partial charge in [0.2, 0.25) is 5.91 Å². The van der Waals surface area contributed by atoms with E-state index in [1.165, 1.54) is 32.9 Å². The zero-order valence-electron chi connectivity index (χ0n) is 18.9. The molecular formula is C23H27N3O3S3. The van der Waals surface area contributed by atoms with Crippen molar-refractivity contribution in [3.05, 3.63) is 32.8 Å². The van der Waals surface area contributed by atoms with Crippen molar-refractivity contribution in [2.75, 3.05) is 11.9 Å². The van der Waals surface area contributed by atoms with Crippen LogP contribution in [0.2, 0.25) is 0 Å². The summed E-state index contributed by atoms with van der Waals surface area (Å²) in [4.78, 5) is 38.0. The molecule has 6 nitrogen and oxygen atoms in total. The highest BCUT2D eigenvalue weighted by Crippen LogP contribution is 2.41. The number of nitrogens with zero attached hydrogens (tertiary/aromatic N) is 2. The lowest BCUT2D eigenvalue weighted by molar-refractivity contribution is -0.115. The number of thioether (sulfide) groups is 1. The molecule has 1 amide bonds. The van der Waals surface area contributed by atoms with E-state index in [0.29, 0.717) is 23.1 Å². The average Bonchev–Trinajstić information content (AvgIpc) is 3.24. The first-order valence-electron chi connectivity index (χ1n) is 10.8. The molecule has 2 atom stereocenters. The van der Waals surface area contributed by atoms with Crippen molar-refractivity contribution in [3.63, 3.8) is 0 Å². The van der Waals surface area contributed by atoms with E-state index in [2.05, 4.69) is 36.1 Å². The van der Waals surface area contributed by atoms with Gasteiger partial charge in [0.15, 0.2) is 0 Å². The third kappa shape index (κ3) is 4.43. The van der Waals surface area contributed by atoms with Crippen molar-refractivity contribution >= 4 is 61.5 Å². The Morgan fingerprint density at radius 3 is 2.84 bits per heavy atom. The van der Waals surface area contributed by atoms with Crippen LogP contribution in [0.4, 0.5) is 5.00 Å². The summed E-state index contributed by atoms with van der Waals surface area (Å²) >= 11 is 4.58. The summed E-state index contributed by atoms with van der Waals surface area (Å²) in [5.74, 6) is 0.0762. The number of aromatic nitrogens is 2. The molecule has 1 aliphatic rings. The van der Waals surface area contributed by atoms with Gasteiger partial charge in [-0.2, -0.15) is 0 Å². The number of hydrogen-bond acceptors (Lipinski definition) is 8. The summed E-state index contributed by atoms with van der Waals surface area (Å²) in [6.07, 6.45) is 4.37. The first kappa shape index (κ1) is 23.2. The lowest BCUT2D eigenvalue weighted by Crippen LogP contribution is -2.23. The lowest BCUT2D eigenvalue weighted by atomic mass is 9.88. The van der Waals surface area contributed by atoms with Crippen molar-refractivity contribution in [3.8, 4) is 0 Å². The fourth-order valence-electron chi connectivity index (χ4n) is 3.93. The molecule has 2 unspecified atom stereocenters. The van der Waals surface area contributed by atoms with E-state index in [-0.39, 0.29) is 17.1 Å². The quantitative estimate of drug-likeness (QED) is 0.268. The Bertz CT molecular complexity index is 1180. The van der Waals surface area contributed by atoms with Gasteiger partial charge < -0.3 is 10.1 Å². The van der Waals surface area contributed by atoms with Crippen molar-refractivity contribution < 1.29 is 14.3 Å². The second-order valence-electron chi connectivity index (χ2n) is 8.17. The zero-order valence-corrected chi connectivity index (χ0v) is 21.4. The molecule has 32 heavy (non-hydrogen) atoms. The fraction of sp³-hybridized carbons (Fsp3) is 0.478. The van der Waals surface area contributed by atoms with Gasteiger partial charge in [0.05, 0.1) is 17.4 Å². The Morgan fingerprint density at radius 2 is 2.09 bits per heavy atom. The van der Waals surface area contributed by atoms with E-state index in [4.69, 9.17) is 4.74 Å². The average molecular weight is 490 g/mol. The second kappa shape index (κ2) is 9.49. The third-order valence-corrected chi connectivity index (χ3v) is 9.20. The van der Waals surface area contributed by atoms with E-state index in [1.54, 1.807) is 24.6 Å².